The molecule has 7 heteroatoms. The van der Waals surface area contributed by atoms with Gasteiger partial charge in [-0.2, -0.15) is 0 Å². The van der Waals surface area contributed by atoms with Crippen molar-refractivity contribution in [2.75, 3.05) is 5.32 Å². The summed E-state index contributed by atoms with van der Waals surface area (Å²) in [6, 6.07) is 6.79. The molecule has 5 nitrogen and oxygen atoms in total. The fourth-order valence-corrected chi connectivity index (χ4v) is 2.64. The number of carbonyl (C=O) groups is 1. The molecule has 1 aromatic carbocycles. The van der Waals surface area contributed by atoms with Crippen LogP contribution in [0.1, 0.15) is 6.92 Å². The van der Waals surface area contributed by atoms with Gasteiger partial charge in [-0.05, 0) is 31.2 Å². The van der Waals surface area contributed by atoms with Crippen LogP contribution in [0.15, 0.2) is 48.6 Å². The summed E-state index contributed by atoms with van der Waals surface area (Å²) in [7, 11) is -3.19. The Bertz CT molecular complexity index is 694. The fraction of sp³-hybridized carbons (Fsp3) is 0.214. The Labute approximate surface area is 129 Å². The van der Waals surface area contributed by atoms with Gasteiger partial charge in [-0.3, -0.25) is 4.79 Å². The summed E-state index contributed by atoms with van der Waals surface area (Å²) in [6.45, 7) is 1.73. The van der Waals surface area contributed by atoms with Gasteiger partial charge in [-0.1, -0.05) is 35.9 Å². The van der Waals surface area contributed by atoms with Crippen LogP contribution < -0.4 is 10.5 Å². The summed E-state index contributed by atoms with van der Waals surface area (Å²) in [6.07, 6.45) is 6.31. The van der Waals surface area contributed by atoms with E-state index in [0.29, 0.717) is 10.7 Å². The average Bonchev–Trinajstić information content (AvgIpc) is 2.41. The summed E-state index contributed by atoms with van der Waals surface area (Å²) < 4.78 is 18.8. The molecule has 4 N–H and O–H groups in total. The Morgan fingerprint density at radius 2 is 1.86 bits per heavy atom. The van der Waals surface area contributed by atoms with Gasteiger partial charge in [-0.25, -0.2) is 14.1 Å². The van der Waals surface area contributed by atoms with Gasteiger partial charge in [0.25, 0.3) is 0 Å². The van der Waals surface area contributed by atoms with Crippen LogP contribution in [0, 0.1) is 10.2 Å². The van der Waals surface area contributed by atoms with Gasteiger partial charge in [0.2, 0.25) is 5.91 Å². The maximum absolute atomic E-state index is 12.3. The predicted molar refractivity (Wildman–Crippen MR) is 85.3 cm³/mol. The van der Waals surface area contributed by atoms with E-state index in [1.54, 1.807) is 43.3 Å². The molecule has 21 heavy (non-hydrogen) atoms. The monoisotopic (exact) mass is 325 g/mol. The van der Waals surface area contributed by atoms with Crippen LogP contribution in [0.4, 0.5) is 5.69 Å². The zero-order valence-electron chi connectivity index (χ0n) is 11.4. The predicted octanol–water partition coefficient (Wildman–Crippen LogP) is 2.70. The summed E-state index contributed by atoms with van der Waals surface area (Å²) in [5.74, 6) is -0.232. The molecule has 1 aliphatic rings. The van der Waals surface area contributed by atoms with Crippen molar-refractivity contribution in [2.45, 2.75) is 12.2 Å². The highest BCUT2D eigenvalue weighted by Crippen LogP contribution is 2.28. The maximum atomic E-state index is 12.3. The van der Waals surface area contributed by atoms with E-state index in [1.807, 2.05) is 0 Å². The van der Waals surface area contributed by atoms with E-state index in [0.717, 1.165) is 0 Å². The van der Waals surface area contributed by atoms with Crippen molar-refractivity contribution in [1.29, 1.82) is 4.78 Å². The molecule has 1 amide bonds. The van der Waals surface area contributed by atoms with E-state index in [1.165, 1.54) is 12.2 Å². The van der Waals surface area contributed by atoms with E-state index in [9.17, 15) is 9.00 Å². The standard InChI is InChI=1S/C14H16ClN3O2S/c1-14(8-6-12(7-9-14)21(16,17)20)13(19)18-11-4-2-10(15)3-5-11/h2-9,12H,1H3,(H,18,19)(H3,16,17,20). The van der Waals surface area contributed by atoms with Gasteiger partial charge in [-0.15, -0.1) is 0 Å². The molecule has 1 atom stereocenters. The topological polar surface area (TPSA) is 96.0 Å². The van der Waals surface area contributed by atoms with Crippen LogP contribution in [0.25, 0.3) is 0 Å². The van der Waals surface area contributed by atoms with Gasteiger partial charge < -0.3 is 5.32 Å². The number of halogens is 1. The first-order valence-corrected chi connectivity index (χ1v) is 8.28. The number of anilines is 1. The fourth-order valence-electron chi connectivity index (χ4n) is 1.89. The van der Waals surface area contributed by atoms with Crippen LogP contribution in [0.5, 0.6) is 0 Å². The van der Waals surface area contributed by atoms with Crippen molar-refractivity contribution < 1.29 is 9.00 Å². The number of nitrogens with two attached hydrogens (primary N) is 1. The maximum Gasteiger partial charge on any atom is 0.237 e. The van der Waals surface area contributed by atoms with Crippen molar-refractivity contribution >= 4 is 33.1 Å². The average molecular weight is 326 g/mol. The van der Waals surface area contributed by atoms with E-state index in [-0.39, 0.29) is 5.91 Å². The molecule has 1 unspecified atom stereocenters. The molecule has 0 saturated carbocycles. The minimum absolute atomic E-state index is 0.232. The van der Waals surface area contributed by atoms with Gasteiger partial charge in [0.1, 0.15) is 9.92 Å². The Morgan fingerprint density at radius 1 is 1.33 bits per heavy atom. The lowest BCUT2D eigenvalue weighted by Crippen LogP contribution is -2.34. The minimum Gasteiger partial charge on any atom is -0.325 e. The van der Waals surface area contributed by atoms with Crippen molar-refractivity contribution in [1.82, 2.24) is 0 Å². The number of hydrogen-bond acceptors (Lipinski definition) is 3. The quantitative estimate of drug-likeness (QED) is 0.745. The molecular weight excluding hydrogens is 310 g/mol. The third-order valence-corrected chi connectivity index (χ3v) is 4.63. The summed E-state index contributed by atoms with van der Waals surface area (Å²) in [5.41, 5.74) is -0.237. The first kappa shape index (κ1) is 15.8. The molecule has 112 valence electrons. The van der Waals surface area contributed by atoms with Gasteiger partial charge in [0, 0.05) is 10.7 Å². The number of nitrogens with one attached hydrogen (secondary N) is 2. The molecule has 0 saturated heterocycles. The highest BCUT2D eigenvalue weighted by molar-refractivity contribution is 7.91. The third kappa shape index (κ3) is 3.72. The van der Waals surface area contributed by atoms with Crippen LogP contribution in [0.3, 0.4) is 0 Å². The number of hydrogen-bond donors (Lipinski definition) is 3. The number of rotatable bonds is 3. The largest absolute Gasteiger partial charge is 0.325 e. The third-order valence-electron chi connectivity index (χ3n) is 3.26. The second kappa shape index (κ2) is 5.63. The zero-order chi connectivity index (χ0) is 15.7. The second-order valence-corrected chi connectivity index (χ2v) is 7.35. The summed E-state index contributed by atoms with van der Waals surface area (Å²) in [5, 5.41) is 7.99. The molecule has 0 aromatic heterocycles. The van der Waals surface area contributed by atoms with E-state index >= 15 is 0 Å². The highest BCUT2D eigenvalue weighted by atomic mass is 35.5. The van der Waals surface area contributed by atoms with E-state index < -0.39 is 20.6 Å². The Morgan fingerprint density at radius 3 is 2.33 bits per heavy atom. The lowest BCUT2D eigenvalue weighted by molar-refractivity contribution is -0.120. The van der Waals surface area contributed by atoms with Crippen molar-refractivity contribution in [3.8, 4) is 0 Å². The molecule has 0 aliphatic heterocycles. The normalized spacial score (nSPS) is 27.1. The first-order chi connectivity index (χ1) is 9.71. The van der Waals surface area contributed by atoms with Gasteiger partial charge in [0.05, 0.1) is 10.7 Å². The highest BCUT2D eigenvalue weighted by Gasteiger charge is 2.31. The molecule has 0 fully saturated rings. The Kier molecular flexibility index (Phi) is 4.22. The van der Waals surface area contributed by atoms with Crippen molar-refractivity contribution in [2.24, 2.45) is 10.6 Å². The molecule has 0 spiro atoms. The summed E-state index contributed by atoms with van der Waals surface area (Å²) in [4.78, 5) is 12.3. The number of carbonyl (C=O) groups excluding carboxylic acids is 1. The van der Waals surface area contributed by atoms with Crippen molar-refractivity contribution in [3.63, 3.8) is 0 Å². The van der Waals surface area contributed by atoms with Gasteiger partial charge in [0.15, 0.2) is 0 Å². The van der Waals surface area contributed by atoms with Crippen molar-refractivity contribution in [3.05, 3.63) is 53.6 Å². The smallest absolute Gasteiger partial charge is 0.237 e. The first-order valence-electron chi connectivity index (χ1n) is 6.22. The van der Waals surface area contributed by atoms with E-state index in [4.69, 9.17) is 21.5 Å². The lowest BCUT2D eigenvalue weighted by atomic mass is 9.85. The Balaban J connectivity index is 2.13. The molecular formula is C14H16ClN3O2S. The van der Waals surface area contributed by atoms with Crippen LogP contribution in [-0.2, 0) is 14.7 Å². The SMILES string of the molecule is CC1(C(=O)Nc2ccc(Cl)cc2)C=CC(S(=N)(N)=O)C=C1. The van der Waals surface area contributed by atoms with E-state index in [2.05, 4.69) is 5.32 Å². The molecule has 2 rings (SSSR count). The second-order valence-electron chi connectivity index (χ2n) is 5.07. The Hall–Kier alpha value is -1.63. The molecule has 0 radical (unpaired) electrons. The minimum atomic E-state index is -3.19. The summed E-state index contributed by atoms with van der Waals surface area (Å²) >= 11 is 5.79. The lowest BCUT2D eigenvalue weighted by Gasteiger charge is -2.25. The molecule has 0 bridgehead atoms. The van der Waals surface area contributed by atoms with Crippen LogP contribution in [0.2, 0.25) is 5.02 Å². The number of benzene rings is 1. The van der Waals surface area contributed by atoms with Gasteiger partial charge >= 0.3 is 0 Å². The molecule has 1 aliphatic carbocycles. The number of amides is 1. The van der Waals surface area contributed by atoms with Crippen LogP contribution in [-0.4, -0.2) is 15.4 Å². The molecule has 0 heterocycles. The molecule has 1 aromatic rings. The van der Waals surface area contributed by atoms with Crippen LogP contribution >= 0.6 is 11.6 Å². The zero-order valence-corrected chi connectivity index (χ0v) is 12.9.